The van der Waals surface area contributed by atoms with Crippen LogP contribution in [0.4, 0.5) is 0 Å². The molecule has 3 nitrogen and oxygen atoms in total. The average molecular weight is 225 g/mol. The predicted octanol–water partition coefficient (Wildman–Crippen LogP) is 2.60. The third kappa shape index (κ3) is 3.29. The molecule has 0 fully saturated rings. The Labute approximate surface area is 94.2 Å². The second-order valence-electron chi connectivity index (χ2n) is 3.07. The second-order valence-corrected chi connectivity index (χ2v) is 3.34. The molecule has 0 radical (unpaired) electrons. The van der Waals surface area contributed by atoms with Gasteiger partial charge in [-0.2, -0.15) is 0 Å². The van der Waals surface area contributed by atoms with Gasteiger partial charge in [-0.15, -0.1) is 16.7 Å². The van der Waals surface area contributed by atoms with Crippen LogP contribution in [0.1, 0.15) is 18.1 Å². The molecule has 0 saturated carbocycles. The Balaban J connectivity index is 2.89. The van der Waals surface area contributed by atoms with E-state index >= 15 is 0 Å². The van der Waals surface area contributed by atoms with E-state index in [4.69, 9.17) is 22.2 Å². The maximum absolute atomic E-state index is 5.68. The topological polar surface area (TPSA) is 47.6 Å². The minimum Gasteiger partial charge on any atom is -0.443 e. The van der Waals surface area contributed by atoms with E-state index in [0.29, 0.717) is 17.5 Å². The molecule has 0 aliphatic rings. The van der Waals surface area contributed by atoms with Crippen LogP contribution in [-0.4, -0.2) is 5.90 Å². The average Bonchev–Trinajstić information content (AvgIpc) is 2.26. The quantitative estimate of drug-likeness (QED) is 0.214. The highest BCUT2D eigenvalue weighted by atomic mass is 35.5. The van der Waals surface area contributed by atoms with Crippen LogP contribution in [0.2, 0.25) is 0 Å². The largest absolute Gasteiger partial charge is 0.443 e. The minimum absolute atomic E-state index is 0.351. The van der Waals surface area contributed by atoms with Crippen molar-refractivity contribution in [2.24, 2.45) is 10.9 Å². The Morgan fingerprint density at radius 1 is 1.47 bits per heavy atom. The molecule has 0 amide bonds. The molecule has 0 aromatic heterocycles. The second kappa shape index (κ2) is 5.41. The SMILES string of the molecule is C=C(C)O/C(=N\N)c1ccc(CCl)cc1. The third-order valence-corrected chi connectivity index (χ3v) is 2.05. The number of benzene rings is 1. The standard InChI is InChI=1S/C11H13ClN2O/c1-8(2)15-11(14-13)10-5-3-9(7-12)4-6-10/h3-6H,1,7,13H2,2H3/b14-11-. The number of hydrazone groups is 1. The molecule has 1 aromatic carbocycles. The summed E-state index contributed by atoms with van der Waals surface area (Å²) in [6, 6.07) is 7.50. The lowest BCUT2D eigenvalue weighted by Gasteiger charge is -2.07. The lowest BCUT2D eigenvalue weighted by Crippen LogP contribution is -2.08. The van der Waals surface area contributed by atoms with Crippen LogP contribution in [0.15, 0.2) is 41.7 Å². The summed E-state index contributed by atoms with van der Waals surface area (Å²) >= 11 is 5.68. The van der Waals surface area contributed by atoms with E-state index in [1.54, 1.807) is 6.92 Å². The molecule has 0 aliphatic heterocycles. The molecule has 0 atom stereocenters. The van der Waals surface area contributed by atoms with Crippen LogP contribution in [0, 0.1) is 0 Å². The highest BCUT2D eigenvalue weighted by Gasteiger charge is 2.04. The molecule has 0 heterocycles. The molecule has 2 N–H and O–H groups in total. The van der Waals surface area contributed by atoms with Crippen molar-refractivity contribution >= 4 is 17.5 Å². The molecule has 4 heteroatoms. The summed E-state index contributed by atoms with van der Waals surface area (Å²) in [5.74, 6) is 6.60. The van der Waals surface area contributed by atoms with Crippen molar-refractivity contribution in [2.45, 2.75) is 12.8 Å². The van der Waals surface area contributed by atoms with Crippen LogP contribution >= 0.6 is 11.6 Å². The van der Waals surface area contributed by atoms with E-state index in [1.165, 1.54) is 0 Å². The van der Waals surface area contributed by atoms with Crippen LogP contribution in [-0.2, 0) is 10.6 Å². The van der Waals surface area contributed by atoms with E-state index in [1.807, 2.05) is 24.3 Å². The number of rotatable bonds is 3. The zero-order valence-corrected chi connectivity index (χ0v) is 9.29. The van der Waals surface area contributed by atoms with Crippen molar-refractivity contribution in [2.75, 3.05) is 0 Å². The number of alkyl halides is 1. The number of halogens is 1. The monoisotopic (exact) mass is 224 g/mol. The lowest BCUT2D eigenvalue weighted by molar-refractivity contribution is 0.419. The molecule has 0 aliphatic carbocycles. The Hall–Kier alpha value is -1.48. The number of ether oxygens (including phenoxy) is 1. The van der Waals surface area contributed by atoms with Crippen LogP contribution in [0.5, 0.6) is 0 Å². The van der Waals surface area contributed by atoms with Crippen LogP contribution in [0.3, 0.4) is 0 Å². The number of nitrogens with two attached hydrogens (primary N) is 1. The molecule has 0 spiro atoms. The molecule has 0 unspecified atom stereocenters. The summed E-state index contributed by atoms with van der Waals surface area (Å²) in [7, 11) is 0. The lowest BCUT2D eigenvalue weighted by atomic mass is 10.1. The molecule has 0 bridgehead atoms. The van der Waals surface area contributed by atoms with Gasteiger partial charge in [0.05, 0.1) is 5.76 Å². The normalized spacial score (nSPS) is 11.2. The highest BCUT2D eigenvalue weighted by Crippen LogP contribution is 2.09. The predicted molar refractivity (Wildman–Crippen MR) is 62.6 cm³/mol. The molecular formula is C11H13ClN2O. The Morgan fingerprint density at radius 2 is 2.07 bits per heavy atom. The molecule has 15 heavy (non-hydrogen) atoms. The number of hydrogen-bond acceptors (Lipinski definition) is 3. The highest BCUT2D eigenvalue weighted by molar-refractivity contribution is 6.17. The summed E-state index contributed by atoms with van der Waals surface area (Å²) < 4.78 is 5.26. The van der Waals surface area contributed by atoms with Gasteiger partial charge in [-0.3, -0.25) is 0 Å². The fraction of sp³-hybridized carbons (Fsp3) is 0.182. The van der Waals surface area contributed by atoms with Gasteiger partial charge in [-0.25, -0.2) is 0 Å². The van der Waals surface area contributed by atoms with Gasteiger partial charge in [0, 0.05) is 11.4 Å². The number of hydrogen-bond donors (Lipinski definition) is 1. The summed E-state index contributed by atoms with van der Waals surface area (Å²) in [6.07, 6.45) is 0. The minimum atomic E-state index is 0.351. The Bertz CT molecular complexity index is 371. The maximum atomic E-state index is 5.68. The zero-order valence-electron chi connectivity index (χ0n) is 8.53. The van der Waals surface area contributed by atoms with Gasteiger partial charge < -0.3 is 10.6 Å². The van der Waals surface area contributed by atoms with Gasteiger partial charge in [-0.1, -0.05) is 18.7 Å². The van der Waals surface area contributed by atoms with Crippen molar-refractivity contribution in [1.29, 1.82) is 0 Å². The van der Waals surface area contributed by atoms with Crippen LogP contribution < -0.4 is 5.84 Å². The van der Waals surface area contributed by atoms with E-state index in [0.717, 1.165) is 11.1 Å². The van der Waals surface area contributed by atoms with E-state index in [2.05, 4.69) is 11.7 Å². The van der Waals surface area contributed by atoms with Crippen molar-refractivity contribution < 1.29 is 4.74 Å². The maximum Gasteiger partial charge on any atom is 0.242 e. The molecule has 1 rings (SSSR count). The third-order valence-electron chi connectivity index (χ3n) is 1.74. The van der Waals surface area contributed by atoms with Gasteiger partial charge in [0.1, 0.15) is 0 Å². The van der Waals surface area contributed by atoms with Gasteiger partial charge in [-0.05, 0) is 24.6 Å². The fourth-order valence-corrected chi connectivity index (χ4v) is 1.24. The first-order valence-electron chi connectivity index (χ1n) is 4.44. The zero-order chi connectivity index (χ0) is 11.3. The molecule has 0 saturated heterocycles. The van der Waals surface area contributed by atoms with Gasteiger partial charge in [0.2, 0.25) is 5.90 Å². The fourth-order valence-electron chi connectivity index (χ4n) is 1.06. The smallest absolute Gasteiger partial charge is 0.242 e. The van der Waals surface area contributed by atoms with Gasteiger partial charge in [0.25, 0.3) is 0 Å². The first-order valence-corrected chi connectivity index (χ1v) is 4.97. The van der Waals surface area contributed by atoms with Crippen molar-refractivity contribution in [3.05, 3.63) is 47.7 Å². The molecule has 1 aromatic rings. The van der Waals surface area contributed by atoms with Gasteiger partial charge in [0.15, 0.2) is 0 Å². The van der Waals surface area contributed by atoms with Crippen molar-refractivity contribution in [3.8, 4) is 0 Å². The Kier molecular flexibility index (Phi) is 4.18. The van der Waals surface area contributed by atoms with Crippen LogP contribution in [0.25, 0.3) is 0 Å². The van der Waals surface area contributed by atoms with Crippen molar-refractivity contribution in [1.82, 2.24) is 0 Å². The first-order chi connectivity index (χ1) is 7.17. The van der Waals surface area contributed by atoms with E-state index < -0.39 is 0 Å². The van der Waals surface area contributed by atoms with Crippen molar-refractivity contribution in [3.63, 3.8) is 0 Å². The first kappa shape index (κ1) is 11.6. The van der Waals surface area contributed by atoms with E-state index in [9.17, 15) is 0 Å². The molecular weight excluding hydrogens is 212 g/mol. The summed E-state index contributed by atoms with van der Waals surface area (Å²) in [5, 5.41) is 3.55. The van der Waals surface area contributed by atoms with E-state index in [-0.39, 0.29) is 0 Å². The number of nitrogens with zero attached hydrogens (tertiary/aromatic N) is 1. The summed E-state index contributed by atoms with van der Waals surface area (Å²) in [4.78, 5) is 0. The summed E-state index contributed by atoms with van der Waals surface area (Å²) in [6.45, 7) is 5.36. The molecule has 80 valence electrons. The Morgan fingerprint density at radius 3 is 2.47 bits per heavy atom. The van der Waals surface area contributed by atoms with Gasteiger partial charge >= 0.3 is 0 Å². The summed E-state index contributed by atoms with van der Waals surface area (Å²) in [5.41, 5.74) is 1.83. The number of allylic oxidation sites excluding steroid dienone is 1.